The van der Waals surface area contributed by atoms with E-state index in [0.29, 0.717) is 6.67 Å². The number of nitrogens with one attached hydrogen (secondary N) is 1. The standard InChI is InChI=1S/C47H36N4/c1-48-29-28-43(37-15-11-14-36(30-37)35-24-22-34(23-25-35)33-12-3-2-4-13-33)49-32-50-44-19-8-5-18-41(44)42-31-38(26-27-45(42)50)51-46-20-9-6-16-39(46)40-17-7-10-21-47(40)51/h2-31,48H,32H2,1H3/b29-28-,49-43+. The fraction of sp³-hybridized carbons (Fsp3) is 0.0426. The van der Waals surface area contributed by atoms with Crippen molar-refractivity contribution in [2.75, 3.05) is 7.05 Å². The molecule has 9 rings (SSSR count). The van der Waals surface area contributed by atoms with E-state index in [-0.39, 0.29) is 0 Å². The first-order valence-corrected chi connectivity index (χ1v) is 17.4. The lowest BCUT2D eigenvalue weighted by molar-refractivity contribution is 0.793. The highest BCUT2D eigenvalue weighted by Crippen LogP contribution is 2.35. The van der Waals surface area contributed by atoms with Crippen LogP contribution in [0.15, 0.2) is 187 Å². The van der Waals surface area contributed by atoms with Crippen molar-refractivity contribution < 1.29 is 0 Å². The molecule has 2 heterocycles. The smallest absolute Gasteiger partial charge is 0.115 e. The third-order valence-corrected chi connectivity index (χ3v) is 9.87. The van der Waals surface area contributed by atoms with E-state index in [1.54, 1.807) is 0 Å². The summed E-state index contributed by atoms with van der Waals surface area (Å²) >= 11 is 0. The summed E-state index contributed by atoms with van der Waals surface area (Å²) in [6.45, 7) is 0.484. The largest absolute Gasteiger partial charge is 0.394 e. The van der Waals surface area contributed by atoms with Crippen molar-refractivity contribution in [2.45, 2.75) is 6.67 Å². The first-order valence-electron chi connectivity index (χ1n) is 17.4. The topological polar surface area (TPSA) is 34.2 Å². The van der Waals surface area contributed by atoms with Gasteiger partial charge in [-0.3, -0.25) is 4.99 Å². The van der Waals surface area contributed by atoms with Crippen LogP contribution in [0.25, 0.3) is 71.6 Å². The SMILES string of the molecule is CN/C=C\C(=N/Cn1c2ccccc2c2cc(-n3c4ccccc4c4ccccc43)ccc21)c1cccc(-c2ccc(-c3ccccc3)cc2)c1. The quantitative estimate of drug-likeness (QED) is 0.162. The predicted molar refractivity (Wildman–Crippen MR) is 216 cm³/mol. The molecular weight excluding hydrogens is 621 g/mol. The van der Waals surface area contributed by atoms with Crippen molar-refractivity contribution >= 4 is 49.3 Å². The van der Waals surface area contributed by atoms with Gasteiger partial charge in [-0.2, -0.15) is 0 Å². The zero-order chi connectivity index (χ0) is 34.1. The van der Waals surface area contributed by atoms with Gasteiger partial charge in [0.15, 0.2) is 0 Å². The zero-order valence-electron chi connectivity index (χ0n) is 28.4. The van der Waals surface area contributed by atoms with Gasteiger partial charge in [-0.15, -0.1) is 0 Å². The Morgan fingerprint density at radius 3 is 1.75 bits per heavy atom. The molecule has 2 aromatic heterocycles. The van der Waals surface area contributed by atoms with Crippen LogP contribution in [0.1, 0.15) is 5.56 Å². The number of fused-ring (bicyclic) bond motifs is 6. The van der Waals surface area contributed by atoms with E-state index >= 15 is 0 Å². The number of aromatic nitrogens is 2. The molecule has 0 aliphatic carbocycles. The summed E-state index contributed by atoms with van der Waals surface area (Å²) in [6.07, 6.45) is 4.01. The molecule has 4 nitrogen and oxygen atoms in total. The van der Waals surface area contributed by atoms with Crippen LogP contribution in [0.2, 0.25) is 0 Å². The molecule has 0 amide bonds. The lowest BCUT2D eigenvalue weighted by Gasteiger charge is -2.10. The van der Waals surface area contributed by atoms with Crippen LogP contribution in [-0.2, 0) is 6.67 Å². The van der Waals surface area contributed by atoms with Crippen LogP contribution in [0.4, 0.5) is 0 Å². The summed E-state index contributed by atoms with van der Waals surface area (Å²) in [5.74, 6) is 0. The van der Waals surface area contributed by atoms with Gasteiger partial charge in [0, 0.05) is 39.8 Å². The number of rotatable bonds is 8. The highest BCUT2D eigenvalue weighted by atomic mass is 15.1. The maximum absolute atomic E-state index is 5.26. The Labute approximate surface area is 297 Å². The van der Waals surface area contributed by atoms with E-state index < -0.39 is 0 Å². The molecule has 0 saturated carbocycles. The minimum Gasteiger partial charge on any atom is -0.394 e. The van der Waals surface area contributed by atoms with E-state index in [4.69, 9.17) is 4.99 Å². The Kier molecular flexibility index (Phi) is 7.75. The molecule has 0 unspecified atom stereocenters. The second-order valence-corrected chi connectivity index (χ2v) is 12.8. The minimum absolute atomic E-state index is 0.484. The molecule has 0 aliphatic rings. The van der Waals surface area contributed by atoms with Gasteiger partial charge in [0.25, 0.3) is 0 Å². The third-order valence-electron chi connectivity index (χ3n) is 9.87. The number of benzene rings is 7. The monoisotopic (exact) mass is 656 g/mol. The lowest BCUT2D eigenvalue weighted by Crippen LogP contribution is -2.04. The molecular formula is C47H36N4. The Balaban J connectivity index is 1.11. The first kappa shape index (κ1) is 30.4. The maximum Gasteiger partial charge on any atom is 0.115 e. The molecule has 0 radical (unpaired) electrons. The number of para-hydroxylation sites is 3. The molecule has 1 N–H and O–H groups in total. The summed E-state index contributed by atoms with van der Waals surface area (Å²) in [6, 6.07) is 60.8. The molecule has 0 spiro atoms. The number of hydrogen-bond donors (Lipinski definition) is 1. The van der Waals surface area contributed by atoms with Crippen LogP contribution < -0.4 is 5.32 Å². The molecule has 51 heavy (non-hydrogen) atoms. The fourth-order valence-electron chi connectivity index (χ4n) is 7.43. The summed E-state index contributed by atoms with van der Waals surface area (Å²) in [5.41, 5.74) is 12.7. The molecule has 0 saturated heterocycles. The van der Waals surface area contributed by atoms with Gasteiger partial charge < -0.3 is 14.5 Å². The number of hydrogen-bond acceptors (Lipinski definition) is 2. The van der Waals surface area contributed by atoms with Gasteiger partial charge >= 0.3 is 0 Å². The zero-order valence-corrected chi connectivity index (χ0v) is 28.4. The lowest BCUT2D eigenvalue weighted by atomic mass is 9.98. The van der Waals surface area contributed by atoms with E-state index in [1.807, 2.05) is 13.2 Å². The Morgan fingerprint density at radius 2 is 1.06 bits per heavy atom. The van der Waals surface area contributed by atoms with Crippen LogP contribution >= 0.6 is 0 Å². The van der Waals surface area contributed by atoms with Crippen molar-refractivity contribution in [1.29, 1.82) is 0 Å². The van der Waals surface area contributed by atoms with Gasteiger partial charge in [-0.1, -0.05) is 127 Å². The summed E-state index contributed by atoms with van der Waals surface area (Å²) < 4.78 is 4.72. The van der Waals surface area contributed by atoms with Crippen molar-refractivity contribution in [2.24, 2.45) is 4.99 Å². The van der Waals surface area contributed by atoms with Gasteiger partial charge in [-0.25, -0.2) is 0 Å². The van der Waals surface area contributed by atoms with Crippen LogP contribution in [0, 0.1) is 0 Å². The van der Waals surface area contributed by atoms with Crippen molar-refractivity contribution in [3.8, 4) is 27.9 Å². The fourth-order valence-corrected chi connectivity index (χ4v) is 7.43. The van der Waals surface area contributed by atoms with Gasteiger partial charge in [-0.05, 0) is 77.0 Å². The highest BCUT2D eigenvalue weighted by molar-refractivity contribution is 6.12. The molecule has 4 heteroatoms. The van der Waals surface area contributed by atoms with Gasteiger partial charge in [0.2, 0.25) is 0 Å². The molecule has 244 valence electrons. The maximum atomic E-state index is 5.26. The van der Waals surface area contributed by atoms with E-state index in [2.05, 4.69) is 190 Å². The summed E-state index contributed by atoms with van der Waals surface area (Å²) in [4.78, 5) is 5.26. The molecule has 0 aliphatic heterocycles. The molecule has 0 fully saturated rings. The van der Waals surface area contributed by atoms with Gasteiger partial charge in [0.1, 0.15) is 6.67 Å². The van der Waals surface area contributed by atoms with Gasteiger partial charge in [0.05, 0.1) is 27.8 Å². The normalized spacial score (nSPS) is 12.1. The number of aliphatic imine (C=N–C) groups is 1. The van der Waals surface area contributed by atoms with Crippen LogP contribution in [-0.4, -0.2) is 21.9 Å². The second kappa shape index (κ2) is 13.0. The van der Waals surface area contributed by atoms with E-state index in [9.17, 15) is 0 Å². The molecule has 7 aromatic carbocycles. The summed E-state index contributed by atoms with van der Waals surface area (Å²) in [7, 11) is 1.92. The first-order chi connectivity index (χ1) is 25.3. The Bertz CT molecular complexity index is 2690. The van der Waals surface area contributed by atoms with E-state index in [0.717, 1.165) is 28.0 Å². The number of allylic oxidation sites excluding steroid dienone is 1. The third kappa shape index (κ3) is 5.48. The second-order valence-electron chi connectivity index (χ2n) is 12.8. The summed E-state index contributed by atoms with van der Waals surface area (Å²) in [5, 5.41) is 8.13. The van der Waals surface area contributed by atoms with E-state index in [1.165, 1.54) is 54.8 Å². The average molecular weight is 657 g/mol. The van der Waals surface area contributed by atoms with Crippen LogP contribution in [0.3, 0.4) is 0 Å². The number of nitrogens with zero attached hydrogens (tertiary/aromatic N) is 3. The average Bonchev–Trinajstić information content (AvgIpc) is 3.70. The molecule has 9 aromatic rings. The highest BCUT2D eigenvalue weighted by Gasteiger charge is 2.15. The minimum atomic E-state index is 0.484. The molecule has 0 atom stereocenters. The van der Waals surface area contributed by atoms with Crippen LogP contribution in [0.5, 0.6) is 0 Å². The Morgan fingerprint density at radius 1 is 0.510 bits per heavy atom. The van der Waals surface area contributed by atoms with Crippen molar-refractivity contribution in [1.82, 2.24) is 14.5 Å². The van der Waals surface area contributed by atoms with Crippen molar-refractivity contribution in [3.05, 3.63) is 188 Å². The molecule has 0 bridgehead atoms. The predicted octanol–water partition coefficient (Wildman–Crippen LogP) is 11.4. The Hall–Kier alpha value is -6.65. The van der Waals surface area contributed by atoms with Crippen molar-refractivity contribution in [3.63, 3.8) is 0 Å².